The van der Waals surface area contributed by atoms with E-state index >= 15 is 0 Å². The van der Waals surface area contributed by atoms with Crippen LogP contribution in [0, 0.1) is 0 Å². The first kappa shape index (κ1) is 15.7. The Hall–Kier alpha value is -0.280. The standard InChI is InChI=1S/C11H18Cl2O3/c12-7-1-4-10(14)5-3-9-16-11(15)6-2-8-13/h1-9H2. The van der Waals surface area contributed by atoms with E-state index < -0.39 is 0 Å². The van der Waals surface area contributed by atoms with Crippen molar-refractivity contribution in [3.8, 4) is 0 Å². The summed E-state index contributed by atoms with van der Waals surface area (Å²) in [5.41, 5.74) is 0. The van der Waals surface area contributed by atoms with E-state index in [0.29, 0.717) is 50.5 Å². The summed E-state index contributed by atoms with van der Waals surface area (Å²) in [6.45, 7) is 0.313. The van der Waals surface area contributed by atoms with Crippen LogP contribution in [-0.4, -0.2) is 30.1 Å². The SMILES string of the molecule is O=C(CCCCl)CCCOC(=O)CCCCl. The molecule has 0 aliphatic rings. The lowest BCUT2D eigenvalue weighted by Gasteiger charge is -2.03. The summed E-state index contributed by atoms with van der Waals surface area (Å²) in [6.07, 6.45) is 3.27. The average Bonchev–Trinajstić information content (AvgIpc) is 2.29. The molecule has 0 fully saturated rings. The van der Waals surface area contributed by atoms with Crippen molar-refractivity contribution in [1.29, 1.82) is 0 Å². The molecular formula is C11H18Cl2O3. The van der Waals surface area contributed by atoms with E-state index in [1.807, 2.05) is 0 Å². The molecule has 0 spiro atoms. The fraction of sp³-hybridized carbons (Fsp3) is 0.818. The van der Waals surface area contributed by atoms with Gasteiger partial charge in [0.25, 0.3) is 0 Å². The molecule has 0 aromatic carbocycles. The second kappa shape index (κ2) is 11.2. The zero-order chi connectivity index (χ0) is 12.2. The van der Waals surface area contributed by atoms with Crippen LogP contribution in [0.15, 0.2) is 0 Å². The molecule has 0 heterocycles. The Morgan fingerprint density at radius 2 is 1.44 bits per heavy atom. The lowest BCUT2D eigenvalue weighted by molar-refractivity contribution is -0.144. The maximum atomic E-state index is 11.2. The molecule has 16 heavy (non-hydrogen) atoms. The van der Waals surface area contributed by atoms with Gasteiger partial charge in [-0.25, -0.2) is 0 Å². The number of carbonyl (C=O) groups excluding carboxylic acids is 2. The highest BCUT2D eigenvalue weighted by atomic mass is 35.5. The van der Waals surface area contributed by atoms with Gasteiger partial charge in [0.05, 0.1) is 6.61 Å². The van der Waals surface area contributed by atoms with Gasteiger partial charge in [0.15, 0.2) is 0 Å². The van der Waals surface area contributed by atoms with E-state index in [0.717, 1.165) is 6.42 Å². The summed E-state index contributed by atoms with van der Waals surface area (Å²) in [5, 5.41) is 0. The van der Waals surface area contributed by atoms with Crippen LogP contribution in [0.2, 0.25) is 0 Å². The Morgan fingerprint density at radius 3 is 2.06 bits per heavy atom. The highest BCUT2D eigenvalue weighted by Crippen LogP contribution is 2.01. The van der Waals surface area contributed by atoms with Crippen LogP contribution < -0.4 is 0 Å². The zero-order valence-corrected chi connectivity index (χ0v) is 10.9. The smallest absolute Gasteiger partial charge is 0.305 e. The minimum atomic E-state index is -0.242. The van der Waals surface area contributed by atoms with Crippen LogP contribution in [0.4, 0.5) is 0 Å². The summed E-state index contributed by atoms with van der Waals surface area (Å²) in [6, 6.07) is 0. The zero-order valence-electron chi connectivity index (χ0n) is 9.34. The number of hydrogen-bond acceptors (Lipinski definition) is 3. The van der Waals surface area contributed by atoms with E-state index in [2.05, 4.69) is 0 Å². The van der Waals surface area contributed by atoms with Crippen molar-refractivity contribution in [2.45, 2.75) is 38.5 Å². The molecule has 0 bridgehead atoms. The molecular weight excluding hydrogens is 251 g/mol. The molecule has 0 saturated carbocycles. The van der Waals surface area contributed by atoms with Gasteiger partial charge in [0.1, 0.15) is 5.78 Å². The van der Waals surface area contributed by atoms with Crippen molar-refractivity contribution in [2.75, 3.05) is 18.4 Å². The first-order valence-electron chi connectivity index (χ1n) is 5.50. The second-order valence-electron chi connectivity index (χ2n) is 3.45. The molecule has 3 nitrogen and oxygen atoms in total. The van der Waals surface area contributed by atoms with Gasteiger partial charge >= 0.3 is 5.97 Å². The normalized spacial score (nSPS) is 10.1. The van der Waals surface area contributed by atoms with Crippen molar-refractivity contribution in [3.05, 3.63) is 0 Å². The van der Waals surface area contributed by atoms with Crippen LogP contribution in [0.5, 0.6) is 0 Å². The average molecular weight is 269 g/mol. The Morgan fingerprint density at radius 1 is 0.875 bits per heavy atom. The molecule has 0 saturated heterocycles. The first-order chi connectivity index (χ1) is 7.70. The lowest BCUT2D eigenvalue weighted by Crippen LogP contribution is -2.07. The Labute approximate surface area is 106 Å². The maximum Gasteiger partial charge on any atom is 0.305 e. The first-order valence-corrected chi connectivity index (χ1v) is 6.57. The maximum absolute atomic E-state index is 11.2. The molecule has 0 rings (SSSR count). The van der Waals surface area contributed by atoms with Gasteiger partial charge < -0.3 is 4.74 Å². The van der Waals surface area contributed by atoms with Crippen LogP contribution in [0.25, 0.3) is 0 Å². The predicted molar refractivity (Wildman–Crippen MR) is 65.1 cm³/mol. The van der Waals surface area contributed by atoms with E-state index in [1.54, 1.807) is 0 Å². The molecule has 0 aliphatic heterocycles. The molecule has 0 N–H and O–H groups in total. The van der Waals surface area contributed by atoms with Gasteiger partial charge in [-0.1, -0.05) is 0 Å². The number of carbonyl (C=O) groups is 2. The van der Waals surface area contributed by atoms with Gasteiger partial charge in [0, 0.05) is 31.0 Å². The third-order valence-electron chi connectivity index (χ3n) is 1.97. The van der Waals surface area contributed by atoms with E-state index in [1.165, 1.54) is 0 Å². The van der Waals surface area contributed by atoms with Gasteiger partial charge in [-0.2, -0.15) is 0 Å². The van der Waals surface area contributed by atoms with E-state index in [9.17, 15) is 9.59 Å². The molecule has 0 amide bonds. The summed E-state index contributed by atoms with van der Waals surface area (Å²) in [4.78, 5) is 22.2. The number of halogens is 2. The molecule has 0 radical (unpaired) electrons. The van der Waals surface area contributed by atoms with Crippen molar-refractivity contribution in [2.24, 2.45) is 0 Å². The number of ether oxygens (including phenoxy) is 1. The largest absolute Gasteiger partial charge is 0.466 e. The van der Waals surface area contributed by atoms with Crippen LogP contribution in [0.1, 0.15) is 38.5 Å². The molecule has 0 atom stereocenters. The van der Waals surface area contributed by atoms with Gasteiger partial charge in [0.2, 0.25) is 0 Å². The van der Waals surface area contributed by atoms with Crippen molar-refractivity contribution >= 4 is 35.0 Å². The lowest BCUT2D eigenvalue weighted by atomic mass is 10.1. The Kier molecular flexibility index (Phi) is 11.0. The summed E-state index contributed by atoms with van der Waals surface area (Å²) < 4.78 is 4.92. The van der Waals surface area contributed by atoms with Crippen LogP contribution in [0.3, 0.4) is 0 Å². The Balaban J connectivity index is 3.31. The summed E-state index contributed by atoms with van der Waals surface area (Å²) in [5.74, 6) is 0.914. The summed E-state index contributed by atoms with van der Waals surface area (Å²) in [7, 11) is 0. The third-order valence-corrected chi connectivity index (χ3v) is 2.50. The fourth-order valence-electron chi connectivity index (χ4n) is 1.13. The highest BCUT2D eigenvalue weighted by molar-refractivity contribution is 6.18. The van der Waals surface area contributed by atoms with Gasteiger partial charge in [-0.05, 0) is 19.3 Å². The molecule has 94 valence electrons. The number of esters is 1. The van der Waals surface area contributed by atoms with Gasteiger partial charge in [-0.15, -0.1) is 23.2 Å². The van der Waals surface area contributed by atoms with E-state index in [4.69, 9.17) is 27.9 Å². The summed E-state index contributed by atoms with van der Waals surface area (Å²) >= 11 is 10.9. The topological polar surface area (TPSA) is 43.4 Å². The number of ketones is 1. The van der Waals surface area contributed by atoms with Crippen molar-refractivity contribution < 1.29 is 14.3 Å². The van der Waals surface area contributed by atoms with Crippen molar-refractivity contribution in [1.82, 2.24) is 0 Å². The minimum absolute atomic E-state index is 0.178. The fourth-order valence-corrected chi connectivity index (χ4v) is 1.39. The number of Topliss-reactive ketones (excluding diaryl/α,β-unsaturated/α-hetero) is 1. The predicted octanol–water partition coefficient (Wildman–Crippen LogP) is 2.92. The third kappa shape index (κ3) is 10.2. The molecule has 0 aromatic heterocycles. The monoisotopic (exact) mass is 268 g/mol. The van der Waals surface area contributed by atoms with Crippen molar-refractivity contribution in [3.63, 3.8) is 0 Å². The molecule has 0 aromatic rings. The highest BCUT2D eigenvalue weighted by Gasteiger charge is 2.04. The van der Waals surface area contributed by atoms with Crippen LogP contribution in [-0.2, 0) is 14.3 Å². The molecule has 0 unspecified atom stereocenters. The van der Waals surface area contributed by atoms with Crippen LogP contribution >= 0.6 is 23.2 Å². The van der Waals surface area contributed by atoms with Gasteiger partial charge in [-0.3, -0.25) is 9.59 Å². The molecule has 5 heteroatoms. The number of alkyl halides is 2. The molecule has 0 aliphatic carbocycles. The quantitative estimate of drug-likeness (QED) is 0.348. The number of rotatable bonds is 10. The van der Waals surface area contributed by atoms with E-state index in [-0.39, 0.29) is 11.8 Å². The second-order valence-corrected chi connectivity index (χ2v) is 4.20. The Bertz CT molecular complexity index is 185. The number of hydrogen-bond donors (Lipinski definition) is 0. The minimum Gasteiger partial charge on any atom is -0.466 e.